The van der Waals surface area contributed by atoms with Gasteiger partial charge in [0.25, 0.3) is 0 Å². The molecule has 5 heteroatoms. The molecular formula is C14H16N2O3. The maximum absolute atomic E-state index is 11.0. The molecule has 1 aromatic heterocycles. The fraction of sp³-hybridized carbons (Fsp3) is 0.286. The van der Waals surface area contributed by atoms with Crippen molar-refractivity contribution in [3.05, 3.63) is 36.0 Å². The first-order valence-electron chi connectivity index (χ1n) is 6.20. The summed E-state index contributed by atoms with van der Waals surface area (Å²) in [6.45, 7) is 0.811. The minimum atomic E-state index is -1.04. The summed E-state index contributed by atoms with van der Waals surface area (Å²) in [5.74, 6) is -0.461. The maximum atomic E-state index is 11.0. The van der Waals surface area contributed by atoms with Crippen molar-refractivity contribution in [2.75, 3.05) is 18.5 Å². The Morgan fingerprint density at radius 3 is 2.79 bits per heavy atom. The van der Waals surface area contributed by atoms with Crippen molar-refractivity contribution in [2.45, 2.75) is 12.8 Å². The lowest BCUT2D eigenvalue weighted by atomic mass is 10.1. The van der Waals surface area contributed by atoms with Crippen LogP contribution in [0, 0.1) is 0 Å². The highest BCUT2D eigenvalue weighted by molar-refractivity contribution is 5.97. The maximum Gasteiger partial charge on any atom is 0.354 e. The average Bonchev–Trinajstić information content (AvgIpc) is 2.43. The summed E-state index contributed by atoms with van der Waals surface area (Å²) in [4.78, 5) is 15.2. The minimum absolute atomic E-state index is 0.0309. The van der Waals surface area contributed by atoms with Crippen LogP contribution in [0.2, 0.25) is 0 Å². The van der Waals surface area contributed by atoms with Crippen LogP contribution in [0.5, 0.6) is 0 Å². The lowest BCUT2D eigenvalue weighted by molar-refractivity contribution is 0.0691. The number of hydrogen-bond donors (Lipinski definition) is 3. The quantitative estimate of drug-likeness (QED) is 0.693. The first-order valence-corrected chi connectivity index (χ1v) is 6.20. The second-order valence-corrected chi connectivity index (χ2v) is 4.24. The van der Waals surface area contributed by atoms with Gasteiger partial charge >= 0.3 is 5.97 Å². The van der Waals surface area contributed by atoms with Gasteiger partial charge in [-0.15, -0.1) is 0 Å². The van der Waals surface area contributed by atoms with E-state index in [0.29, 0.717) is 18.8 Å². The number of hydrogen-bond acceptors (Lipinski definition) is 4. The third kappa shape index (κ3) is 3.20. The number of aromatic carboxylic acids is 1. The summed E-state index contributed by atoms with van der Waals surface area (Å²) in [6, 6.07) is 9.09. The van der Waals surface area contributed by atoms with Crippen LogP contribution >= 0.6 is 0 Å². The number of carboxylic acids is 1. The van der Waals surface area contributed by atoms with Gasteiger partial charge in [0.05, 0.1) is 0 Å². The van der Waals surface area contributed by atoms with E-state index in [1.54, 1.807) is 6.07 Å². The van der Waals surface area contributed by atoms with Crippen LogP contribution in [0.1, 0.15) is 23.3 Å². The van der Waals surface area contributed by atoms with E-state index in [1.165, 1.54) is 0 Å². The lowest BCUT2D eigenvalue weighted by Gasteiger charge is -2.09. The molecule has 0 atom stereocenters. The molecule has 0 saturated heterocycles. The predicted octanol–water partition coefficient (Wildman–Crippen LogP) is 2.12. The van der Waals surface area contributed by atoms with E-state index in [2.05, 4.69) is 10.3 Å². The molecule has 0 unspecified atom stereocenters. The molecular weight excluding hydrogens is 244 g/mol. The van der Waals surface area contributed by atoms with Crippen molar-refractivity contribution in [2.24, 2.45) is 0 Å². The van der Waals surface area contributed by atoms with Gasteiger partial charge in [0.15, 0.2) is 5.69 Å². The summed E-state index contributed by atoms with van der Waals surface area (Å²) in [5, 5.41) is 22.7. The molecule has 0 aliphatic carbocycles. The molecule has 3 N–H and O–H groups in total. The molecule has 100 valence electrons. The fourth-order valence-corrected chi connectivity index (χ4v) is 1.89. The van der Waals surface area contributed by atoms with E-state index in [1.807, 2.05) is 24.3 Å². The Bertz CT molecular complexity index is 584. The molecule has 0 amide bonds. The number of pyridine rings is 1. The number of anilines is 1. The third-order valence-electron chi connectivity index (χ3n) is 2.84. The van der Waals surface area contributed by atoms with Crippen molar-refractivity contribution in [3.63, 3.8) is 0 Å². The van der Waals surface area contributed by atoms with E-state index >= 15 is 0 Å². The Balaban J connectivity index is 2.31. The summed E-state index contributed by atoms with van der Waals surface area (Å²) in [5.41, 5.74) is 0.0309. The molecule has 2 rings (SSSR count). The van der Waals surface area contributed by atoms with Crippen LogP contribution in [0.25, 0.3) is 10.8 Å². The molecule has 0 spiro atoms. The van der Waals surface area contributed by atoms with Gasteiger partial charge in [-0.05, 0) is 24.3 Å². The highest BCUT2D eigenvalue weighted by atomic mass is 16.4. The normalized spacial score (nSPS) is 10.6. The predicted molar refractivity (Wildman–Crippen MR) is 73.5 cm³/mol. The summed E-state index contributed by atoms with van der Waals surface area (Å²) >= 11 is 0. The molecule has 0 bridgehead atoms. The van der Waals surface area contributed by atoms with E-state index in [4.69, 9.17) is 10.2 Å². The first-order chi connectivity index (χ1) is 9.22. The number of carboxylic acid groups (broad SMARTS) is 1. The molecule has 19 heavy (non-hydrogen) atoms. The molecule has 5 nitrogen and oxygen atoms in total. The van der Waals surface area contributed by atoms with Crippen molar-refractivity contribution < 1.29 is 15.0 Å². The van der Waals surface area contributed by atoms with E-state index in [9.17, 15) is 4.79 Å². The number of aromatic nitrogens is 1. The van der Waals surface area contributed by atoms with Gasteiger partial charge < -0.3 is 15.5 Å². The highest BCUT2D eigenvalue weighted by Crippen LogP contribution is 2.22. The van der Waals surface area contributed by atoms with Gasteiger partial charge in [-0.3, -0.25) is 0 Å². The molecule has 0 saturated carbocycles. The van der Waals surface area contributed by atoms with Crippen LogP contribution < -0.4 is 5.32 Å². The van der Waals surface area contributed by atoms with Gasteiger partial charge in [-0.2, -0.15) is 0 Å². The summed E-state index contributed by atoms with van der Waals surface area (Å²) in [6.07, 6.45) is 1.52. The molecule has 0 aliphatic rings. The monoisotopic (exact) mass is 260 g/mol. The van der Waals surface area contributed by atoms with Crippen LogP contribution in [0.4, 0.5) is 5.82 Å². The van der Waals surface area contributed by atoms with Gasteiger partial charge in [0.1, 0.15) is 5.82 Å². The standard InChI is InChI=1S/C14H16N2O3/c17-8-4-3-7-15-13-11-6-2-1-5-10(11)9-12(16-13)14(18)19/h1-2,5-6,9,17H,3-4,7-8H2,(H,15,16)(H,18,19). The van der Waals surface area contributed by atoms with Crippen molar-refractivity contribution in [1.82, 2.24) is 4.98 Å². The number of unbranched alkanes of at least 4 members (excludes halogenated alkanes) is 1. The number of benzene rings is 1. The number of fused-ring (bicyclic) bond motifs is 1. The summed E-state index contributed by atoms with van der Waals surface area (Å²) < 4.78 is 0. The number of carbonyl (C=O) groups is 1. The van der Waals surface area contributed by atoms with E-state index in [-0.39, 0.29) is 12.3 Å². The fourth-order valence-electron chi connectivity index (χ4n) is 1.89. The van der Waals surface area contributed by atoms with Crippen molar-refractivity contribution in [3.8, 4) is 0 Å². The van der Waals surface area contributed by atoms with Gasteiger partial charge in [0, 0.05) is 18.5 Å². The first kappa shape index (κ1) is 13.3. The third-order valence-corrected chi connectivity index (χ3v) is 2.84. The van der Waals surface area contributed by atoms with Crippen LogP contribution in [-0.4, -0.2) is 34.3 Å². The molecule has 0 aliphatic heterocycles. The smallest absolute Gasteiger partial charge is 0.354 e. The van der Waals surface area contributed by atoms with E-state index < -0.39 is 5.97 Å². The zero-order valence-corrected chi connectivity index (χ0v) is 10.5. The Labute approximate surface area is 110 Å². The largest absolute Gasteiger partial charge is 0.477 e. The number of nitrogens with zero attached hydrogens (tertiary/aromatic N) is 1. The lowest BCUT2D eigenvalue weighted by Crippen LogP contribution is -2.08. The van der Waals surface area contributed by atoms with Gasteiger partial charge in [-0.1, -0.05) is 24.3 Å². The Hall–Kier alpha value is -2.14. The molecule has 0 fully saturated rings. The minimum Gasteiger partial charge on any atom is -0.477 e. The van der Waals surface area contributed by atoms with Gasteiger partial charge in [0.2, 0.25) is 0 Å². The Kier molecular flexibility index (Phi) is 4.30. The van der Waals surface area contributed by atoms with Crippen LogP contribution in [0.15, 0.2) is 30.3 Å². The molecule has 1 heterocycles. The topological polar surface area (TPSA) is 82.5 Å². The zero-order valence-electron chi connectivity index (χ0n) is 10.5. The molecule has 1 aromatic carbocycles. The van der Waals surface area contributed by atoms with Crippen LogP contribution in [0.3, 0.4) is 0 Å². The second kappa shape index (κ2) is 6.15. The SMILES string of the molecule is O=C(O)c1cc2ccccc2c(NCCCCO)n1. The van der Waals surface area contributed by atoms with Crippen molar-refractivity contribution in [1.29, 1.82) is 0 Å². The Morgan fingerprint density at radius 1 is 1.26 bits per heavy atom. The number of rotatable bonds is 6. The summed E-state index contributed by atoms with van der Waals surface area (Å²) in [7, 11) is 0. The van der Waals surface area contributed by atoms with Crippen molar-refractivity contribution >= 4 is 22.6 Å². The van der Waals surface area contributed by atoms with Gasteiger partial charge in [-0.25, -0.2) is 9.78 Å². The molecule has 0 radical (unpaired) electrons. The zero-order chi connectivity index (χ0) is 13.7. The average molecular weight is 260 g/mol. The number of aliphatic hydroxyl groups is 1. The van der Waals surface area contributed by atoms with E-state index in [0.717, 1.165) is 17.2 Å². The van der Waals surface area contributed by atoms with Crippen LogP contribution in [-0.2, 0) is 0 Å². The number of nitrogens with one attached hydrogen (secondary N) is 1. The molecule has 2 aromatic rings. The number of aliphatic hydroxyl groups excluding tert-OH is 1. The Morgan fingerprint density at radius 2 is 2.05 bits per heavy atom. The second-order valence-electron chi connectivity index (χ2n) is 4.24. The highest BCUT2D eigenvalue weighted by Gasteiger charge is 2.10.